The van der Waals surface area contributed by atoms with E-state index in [0.29, 0.717) is 5.76 Å². The lowest BCUT2D eigenvalue weighted by atomic mass is 10.2. The topological polar surface area (TPSA) is 112 Å². The molecule has 0 spiro atoms. The SMILES string of the molecule is C[C@@H](O)[C@H](NC(=O)NCc1ccco1)C(=O)O. The smallest absolute Gasteiger partial charge is 0.328 e. The predicted octanol–water partition coefficient (Wildman–Crippen LogP) is -0.0872. The van der Waals surface area contributed by atoms with Crippen LogP contribution in [0.25, 0.3) is 0 Å². The Balaban J connectivity index is 2.40. The second-order valence-corrected chi connectivity index (χ2v) is 3.46. The first-order chi connectivity index (χ1) is 8.00. The molecule has 94 valence electrons. The highest BCUT2D eigenvalue weighted by molar-refractivity contribution is 5.82. The summed E-state index contributed by atoms with van der Waals surface area (Å²) in [6.07, 6.45) is 0.284. The van der Waals surface area contributed by atoms with Crippen molar-refractivity contribution in [3.8, 4) is 0 Å². The molecule has 0 bridgehead atoms. The standard InChI is InChI=1S/C10H14N2O5/c1-6(13)8(9(14)15)12-10(16)11-5-7-3-2-4-17-7/h2-4,6,8,13H,5H2,1H3,(H,14,15)(H2,11,12,16)/t6-,8+/m1/s1. The zero-order valence-electron chi connectivity index (χ0n) is 9.21. The lowest BCUT2D eigenvalue weighted by Gasteiger charge is -2.17. The van der Waals surface area contributed by atoms with Crippen molar-refractivity contribution < 1.29 is 24.2 Å². The number of carboxylic acids is 1. The minimum Gasteiger partial charge on any atom is -0.480 e. The summed E-state index contributed by atoms with van der Waals surface area (Å²) in [5.41, 5.74) is 0. The van der Waals surface area contributed by atoms with Crippen LogP contribution in [-0.4, -0.2) is 34.4 Å². The van der Waals surface area contributed by atoms with E-state index < -0.39 is 24.1 Å². The number of hydrogen-bond acceptors (Lipinski definition) is 4. The molecular weight excluding hydrogens is 228 g/mol. The number of amides is 2. The van der Waals surface area contributed by atoms with Gasteiger partial charge in [-0.25, -0.2) is 9.59 Å². The van der Waals surface area contributed by atoms with Crippen LogP contribution in [0, 0.1) is 0 Å². The molecule has 1 heterocycles. The van der Waals surface area contributed by atoms with E-state index in [1.54, 1.807) is 12.1 Å². The molecule has 7 heteroatoms. The highest BCUT2D eigenvalue weighted by atomic mass is 16.4. The predicted molar refractivity (Wildman–Crippen MR) is 57.2 cm³/mol. The summed E-state index contributed by atoms with van der Waals surface area (Å²) in [6.45, 7) is 1.43. The fourth-order valence-corrected chi connectivity index (χ4v) is 1.16. The molecule has 0 fully saturated rings. The van der Waals surface area contributed by atoms with E-state index in [1.807, 2.05) is 0 Å². The number of aliphatic hydroxyl groups excluding tert-OH is 1. The molecule has 1 aromatic rings. The molecule has 0 aromatic carbocycles. The first-order valence-electron chi connectivity index (χ1n) is 4.98. The van der Waals surface area contributed by atoms with Crippen molar-refractivity contribution >= 4 is 12.0 Å². The monoisotopic (exact) mass is 242 g/mol. The van der Waals surface area contributed by atoms with Gasteiger partial charge in [-0.1, -0.05) is 0 Å². The van der Waals surface area contributed by atoms with E-state index in [0.717, 1.165) is 0 Å². The lowest BCUT2D eigenvalue weighted by molar-refractivity contribution is -0.141. The van der Waals surface area contributed by atoms with Crippen molar-refractivity contribution in [3.63, 3.8) is 0 Å². The van der Waals surface area contributed by atoms with Gasteiger partial charge >= 0.3 is 12.0 Å². The summed E-state index contributed by atoms with van der Waals surface area (Å²) in [7, 11) is 0. The zero-order chi connectivity index (χ0) is 12.8. The van der Waals surface area contributed by atoms with Gasteiger partial charge < -0.3 is 25.3 Å². The summed E-state index contributed by atoms with van der Waals surface area (Å²) in [5.74, 6) is -0.753. The Bertz CT molecular complexity index is 374. The second-order valence-electron chi connectivity index (χ2n) is 3.46. The Hall–Kier alpha value is -2.02. The van der Waals surface area contributed by atoms with Crippen molar-refractivity contribution in [3.05, 3.63) is 24.2 Å². The van der Waals surface area contributed by atoms with Gasteiger partial charge in [-0.05, 0) is 19.1 Å². The minimum atomic E-state index is -1.34. The third-order valence-corrected chi connectivity index (χ3v) is 2.04. The van der Waals surface area contributed by atoms with Crippen molar-refractivity contribution in [1.82, 2.24) is 10.6 Å². The first-order valence-corrected chi connectivity index (χ1v) is 4.98. The van der Waals surface area contributed by atoms with Crippen LogP contribution < -0.4 is 10.6 Å². The maximum absolute atomic E-state index is 11.3. The van der Waals surface area contributed by atoms with E-state index in [4.69, 9.17) is 14.6 Å². The van der Waals surface area contributed by atoms with Crippen LogP contribution in [-0.2, 0) is 11.3 Å². The summed E-state index contributed by atoms with van der Waals surface area (Å²) in [4.78, 5) is 22.0. The van der Waals surface area contributed by atoms with E-state index in [9.17, 15) is 9.59 Å². The van der Waals surface area contributed by atoms with Crippen molar-refractivity contribution in [2.24, 2.45) is 0 Å². The fourth-order valence-electron chi connectivity index (χ4n) is 1.16. The van der Waals surface area contributed by atoms with Gasteiger partial charge in [0, 0.05) is 0 Å². The van der Waals surface area contributed by atoms with Gasteiger partial charge in [-0.2, -0.15) is 0 Å². The Morgan fingerprint density at radius 2 is 2.24 bits per heavy atom. The van der Waals surface area contributed by atoms with Gasteiger partial charge in [-0.3, -0.25) is 0 Å². The Morgan fingerprint density at radius 3 is 2.71 bits per heavy atom. The molecule has 1 aromatic heterocycles. The molecule has 17 heavy (non-hydrogen) atoms. The van der Waals surface area contributed by atoms with Crippen LogP contribution in [0.5, 0.6) is 0 Å². The average molecular weight is 242 g/mol. The Morgan fingerprint density at radius 1 is 1.53 bits per heavy atom. The fraction of sp³-hybridized carbons (Fsp3) is 0.400. The van der Waals surface area contributed by atoms with Gasteiger partial charge in [0.05, 0.1) is 18.9 Å². The molecule has 0 aliphatic rings. The van der Waals surface area contributed by atoms with E-state index >= 15 is 0 Å². The molecule has 0 unspecified atom stereocenters. The Labute approximate surface area is 97.4 Å². The normalized spacial score (nSPS) is 13.8. The van der Waals surface area contributed by atoms with Gasteiger partial charge in [0.25, 0.3) is 0 Å². The second kappa shape index (κ2) is 5.90. The molecule has 4 N–H and O–H groups in total. The molecule has 0 radical (unpaired) electrons. The van der Waals surface area contributed by atoms with Crippen LogP contribution in [0.3, 0.4) is 0 Å². The molecule has 2 atom stereocenters. The van der Waals surface area contributed by atoms with E-state index in [-0.39, 0.29) is 6.54 Å². The molecule has 0 saturated carbocycles. The maximum atomic E-state index is 11.3. The molecule has 0 saturated heterocycles. The highest BCUT2D eigenvalue weighted by Crippen LogP contribution is 1.98. The molecule has 2 amide bonds. The first kappa shape index (κ1) is 13.0. The number of carbonyl (C=O) groups is 2. The molecule has 7 nitrogen and oxygen atoms in total. The number of aliphatic carboxylic acids is 1. The zero-order valence-corrected chi connectivity index (χ0v) is 9.21. The number of rotatable bonds is 5. The largest absolute Gasteiger partial charge is 0.480 e. The molecule has 1 rings (SSSR count). The minimum absolute atomic E-state index is 0.144. The number of aliphatic hydroxyl groups is 1. The molecule has 0 aliphatic heterocycles. The third kappa shape index (κ3) is 4.15. The van der Waals surface area contributed by atoms with Crippen molar-refractivity contribution in [2.75, 3.05) is 0 Å². The van der Waals surface area contributed by atoms with E-state index in [2.05, 4.69) is 10.6 Å². The Kier molecular flexibility index (Phi) is 4.53. The van der Waals surface area contributed by atoms with Crippen molar-refractivity contribution in [1.29, 1.82) is 0 Å². The summed E-state index contributed by atoms with van der Waals surface area (Å²) < 4.78 is 4.98. The average Bonchev–Trinajstić information content (AvgIpc) is 2.74. The molecular formula is C10H14N2O5. The third-order valence-electron chi connectivity index (χ3n) is 2.04. The number of nitrogens with one attached hydrogen (secondary N) is 2. The summed E-state index contributed by atoms with van der Waals surface area (Å²) in [6, 6.07) is 1.32. The number of carbonyl (C=O) groups excluding carboxylic acids is 1. The summed E-state index contributed by atoms with van der Waals surface area (Å²) in [5, 5.41) is 22.4. The van der Waals surface area contributed by atoms with Crippen LogP contribution >= 0.6 is 0 Å². The number of urea groups is 1. The van der Waals surface area contributed by atoms with Crippen molar-refractivity contribution in [2.45, 2.75) is 25.6 Å². The number of furan rings is 1. The van der Waals surface area contributed by atoms with E-state index in [1.165, 1.54) is 13.2 Å². The summed E-state index contributed by atoms with van der Waals surface area (Å²) >= 11 is 0. The van der Waals surface area contributed by atoms with Gasteiger partial charge in [0.15, 0.2) is 6.04 Å². The van der Waals surface area contributed by atoms with Gasteiger partial charge in [-0.15, -0.1) is 0 Å². The lowest BCUT2D eigenvalue weighted by Crippen LogP contribution is -2.50. The van der Waals surface area contributed by atoms with Gasteiger partial charge in [0.2, 0.25) is 0 Å². The number of hydrogen-bond donors (Lipinski definition) is 4. The van der Waals surface area contributed by atoms with Crippen LogP contribution in [0.1, 0.15) is 12.7 Å². The van der Waals surface area contributed by atoms with Gasteiger partial charge in [0.1, 0.15) is 5.76 Å². The van der Waals surface area contributed by atoms with Crippen LogP contribution in [0.2, 0.25) is 0 Å². The number of carboxylic acid groups (broad SMARTS) is 1. The highest BCUT2D eigenvalue weighted by Gasteiger charge is 2.24. The quantitative estimate of drug-likeness (QED) is 0.576. The molecule has 0 aliphatic carbocycles. The maximum Gasteiger partial charge on any atom is 0.328 e. The van der Waals surface area contributed by atoms with Crippen LogP contribution in [0.4, 0.5) is 4.79 Å². The van der Waals surface area contributed by atoms with Crippen LogP contribution in [0.15, 0.2) is 22.8 Å².